The second kappa shape index (κ2) is 11.4. The molecule has 9 heteroatoms. The van der Waals surface area contributed by atoms with Crippen molar-refractivity contribution < 1.29 is 4.39 Å². The number of nitrogens with zero attached hydrogens (tertiary/aromatic N) is 4. The number of halogens is 2. The number of hydrogen-bond acceptors (Lipinski definition) is 6. The van der Waals surface area contributed by atoms with Crippen LogP contribution in [0.2, 0.25) is 5.02 Å². The van der Waals surface area contributed by atoms with Gasteiger partial charge < -0.3 is 14.9 Å². The Morgan fingerprint density at radius 2 is 1.66 bits per heavy atom. The van der Waals surface area contributed by atoms with Crippen LogP contribution in [0.5, 0.6) is 0 Å². The predicted octanol–water partition coefficient (Wildman–Crippen LogP) is 6.81. The van der Waals surface area contributed by atoms with Gasteiger partial charge in [-0.15, -0.1) is 0 Å². The third-order valence-corrected chi connectivity index (χ3v) is 8.59. The van der Waals surface area contributed by atoms with Crippen LogP contribution in [0.3, 0.4) is 0 Å². The minimum Gasteiger partial charge on any atom is -0.369 e. The Balaban J connectivity index is 1.37. The molecule has 6 nitrogen and oxygen atoms in total. The van der Waals surface area contributed by atoms with Gasteiger partial charge in [0.15, 0.2) is 5.82 Å². The van der Waals surface area contributed by atoms with Crippen LogP contribution < -0.4 is 14.9 Å². The number of anilines is 2. The molecular weight excluding hydrogens is 519 g/mol. The fourth-order valence-electron chi connectivity index (χ4n) is 5.18. The molecule has 6 rings (SSSR count). The minimum absolute atomic E-state index is 0.330. The van der Waals surface area contributed by atoms with Crippen molar-refractivity contribution >= 4 is 34.9 Å². The summed E-state index contributed by atoms with van der Waals surface area (Å²) in [7, 11) is 0. The first-order valence-electron chi connectivity index (χ1n) is 13.1. The van der Waals surface area contributed by atoms with Crippen molar-refractivity contribution in [3.05, 3.63) is 78.0 Å². The highest BCUT2D eigenvalue weighted by Gasteiger charge is 2.22. The van der Waals surface area contributed by atoms with Crippen molar-refractivity contribution in [3.63, 3.8) is 0 Å². The Morgan fingerprint density at radius 3 is 2.39 bits per heavy atom. The van der Waals surface area contributed by atoms with E-state index in [2.05, 4.69) is 44.2 Å². The molecule has 0 atom stereocenters. The summed E-state index contributed by atoms with van der Waals surface area (Å²) in [5, 5.41) is 9.27. The molecule has 2 aromatic heterocycles. The largest absolute Gasteiger partial charge is 0.369 e. The van der Waals surface area contributed by atoms with Crippen molar-refractivity contribution in [2.75, 3.05) is 35.8 Å². The van der Waals surface area contributed by atoms with E-state index >= 15 is 4.39 Å². The summed E-state index contributed by atoms with van der Waals surface area (Å²) in [5.41, 5.74) is 5.13. The third-order valence-electron chi connectivity index (χ3n) is 7.23. The highest BCUT2D eigenvalue weighted by molar-refractivity contribution is 8.01. The summed E-state index contributed by atoms with van der Waals surface area (Å²) in [6.45, 7) is 3.95. The maximum Gasteiger partial charge on any atom is 0.155 e. The first-order chi connectivity index (χ1) is 18.7. The number of rotatable bonds is 7. The van der Waals surface area contributed by atoms with E-state index in [4.69, 9.17) is 16.7 Å². The summed E-state index contributed by atoms with van der Waals surface area (Å²) in [5.74, 6) is -0.330. The lowest BCUT2D eigenvalue weighted by Gasteiger charge is -2.29. The van der Waals surface area contributed by atoms with Gasteiger partial charge in [0.2, 0.25) is 0 Å². The molecule has 1 saturated heterocycles. The standard InChI is InChI=1S/C29H30ClFN6S/c30-21-17-25(28(31)27(18-21)35-38-24-3-1-2-4-24)26-19-37(34-29(26)20-9-11-32-12-10-20)23-7-5-22(6-8-23)36-15-13-33-14-16-36/h5-12,17-19,24,33,35H,1-4,13-16H2. The molecule has 2 fully saturated rings. The number of hydrogen-bond donors (Lipinski definition) is 2. The fourth-order valence-corrected chi connectivity index (χ4v) is 6.41. The molecule has 196 valence electrons. The van der Waals surface area contributed by atoms with Gasteiger partial charge in [-0.1, -0.05) is 24.4 Å². The number of nitrogens with one attached hydrogen (secondary N) is 2. The van der Waals surface area contributed by atoms with Crippen LogP contribution >= 0.6 is 23.5 Å². The zero-order valence-corrected chi connectivity index (χ0v) is 22.6. The Morgan fingerprint density at radius 1 is 0.947 bits per heavy atom. The summed E-state index contributed by atoms with van der Waals surface area (Å²) in [6, 6.07) is 15.5. The molecule has 2 aromatic carbocycles. The van der Waals surface area contributed by atoms with Crippen molar-refractivity contribution in [1.29, 1.82) is 0 Å². The highest BCUT2D eigenvalue weighted by Crippen LogP contribution is 2.39. The van der Waals surface area contributed by atoms with Gasteiger partial charge >= 0.3 is 0 Å². The number of aromatic nitrogens is 3. The van der Waals surface area contributed by atoms with Crippen molar-refractivity contribution in [2.24, 2.45) is 0 Å². The van der Waals surface area contributed by atoms with Crippen LogP contribution in [-0.2, 0) is 0 Å². The molecule has 38 heavy (non-hydrogen) atoms. The highest BCUT2D eigenvalue weighted by atomic mass is 35.5. The van der Waals surface area contributed by atoms with Crippen LogP contribution in [-0.4, -0.2) is 46.2 Å². The number of piperazine rings is 1. The second-order valence-corrected chi connectivity index (χ2v) is 11.3. The third kappa shape index (κ3) is 5.39. The van der Waals surface area contributed by atoms with Crippen molar-refractivity contribution in [1.82, 2.24) is 20.1 Å². The first-order valence-corrected chi connectivity index (χ1v) is 14.4. The summed E-state index contributed by atoms with van der Waals surface area (Å²) >= 11 is 8.11. The molecule has 4 aromatic rings. The van der Waals surface area contributed by atoms with E-state index in [0.717, 1.165) is 50.3 Å². The van der Waals surface area contributed by atoms with Gasteiger partial charge in [0.25, 0.3) is 0 Å². The van der Waals surface area contributed by atoms with Crippen LogP contribution in [0, 0.1) is 5.82 Å². The lowest BCUT2D eigenvalue weighted by molar-refractivity contribution is 0.589. The normalized spacial score (nSPS) is 16.2. The molecular formula is C29H30ClFN6S. The molecule has 2 aliphatic rings. The SMILES string of the molecule is Fc1c(NSC2CCCC2)cc(Cl)cc1-c1cn(-c2ccc(N3CCNCC3)cc2)nc1-c1ccncc1. The maximum atomic E-state index is 16.0. The second-order valence-electron chi connectivity index (χ2n) is 9.77. The van der Waals surface area contributed by atoms with E-state index in [9.17, 15) is 0 Å². The molecule has 0 unspecified atom stereocenters. The van der Waals surface area contributed by atoms with Gasteiger partial charge in [-0.25, -0.2) is 9.07 Å². The predicted molar refractivity (Wildman–Crippen MR) is 156 cm³/mol. The molecule has 0 amide bonds. The van der Waals surface area contributed by atoms with Gasteiger partial charge in [-0.3, -0.25) is 4.98 Å². The summed E-state index contributed by atoms with van der Waals surface area (Å²) in [4.78, 5) is 6.52. The quantitative estimate of drug-likeness (QED) is 0.247. The van der Waals surface area contributed by atoms with Crippen molar-refractivity contribution in [2.45, 2.75) is 30.9 Å². The summed E-state index contributed by atoms with van der Waals surface area (Å²) in [6.07, 6.45) is 10.1. The van der Waals surface area contributed by atoms with E-state index in [0.29, 0.717) is 32.8 Å². The zero-order chi connectivity index (χ0) is 25.9. The molecule has 3 heterocycles. The van der Waals surface area contributed by atoms with Crippen LogP contribution in [0.1, 0.15) is 25.7 Å². The van der Waals surface area contributed by atoms with Gasteiger partial charge in [0.05, 0.1) is 11.4 Å². The first kappa shape index (κ1) is 25.2. The lowest BCUT2D eigenvalue weighted by Crippen LogP contribution is -2.43. The van der Waals surface area contributed by atoms with E-state index in [-0.39, 0.29) is 5.82 Å². The van der Waals surface area contributed by atoms with Gasteiger partial charge in [-0.2, -0.15) is 5.10 Å². The van der Waals surface area contributed by atoms with E-state index in [1.807, 2.05) is 23.0 Å². The molecule has 0 bridgehead atoms. The zero-order valence-electron chi connectivity index (χ0n) is 21.0. The topological polar surface area (TPSA) is 58.0 Å². The molecule has 2 N–H and O–H groups in total. The molecule has 0 spiro atoms. The molecule has 1 aliphatic carbocycles. The number of benzene rings is 2. The number of pyridine rings is 1. The van der Waals surface area contributed by atoms with Gasteiger partial charge in [0.1, 0.15) is 5.69 Å². The van der Waals surface area contributed by atoms with E-state index < -0.39 is 0 Å². The monoisotopic (exact) mass is 548 g/mol. The minimum atomic E-state index is -0.330. The average molecular weight is 549 g/mol. The summed E-state index contributed by atoms with van der Waals surface area (Å²) < 4.78 is 21.0. The maximum absolute atomic E-state index is 16.0. The Bertz CT molecular complexity index is 1380. The molecule has 1 saturated carbocycles. The van der Waals surface area contributed by atoms with Gasteiger partial charge in [-0.05, 0) is 73.3 Å². The van der Waals surface area contributed by atoms with Crippen molar-refractivity contribution in [3.8, 4) is 28.1 Å². The molecule has 1 aliphatic heterocycles. The smallest absolute Gasteiger partial charge is 0.155 e. The Kier molecular flexibility index (Phi) is 7.53. The van der Waals surface area contributed by atoms with Crippen LogP contribution in [0.15, 0.2) is 67.1 Å². The van der Waals surface area contributed by atoms with Crippen LogP contribution in [0.25, 0.3) is 28.1 Å². The average Bonchev–Trinajstić information content (AvgIpc) is 3.65. The van der Waals surface area contributed by atoms with Crippen LogP contribution in [0.4, 0.5) is 15.8 Å². The fraction of sp³-hybridized carbons (Fsp3) is 0.310. The van der Waals surface area contributed by atoms with E-state index in [1.165, 1.54) is 18.5 Å². The Labute approximate surface area is 231 Å². The lowest BCUT2D eigenvalue weighted by atomic mass is 10.0. The van der Waals surface area contributed by atoms with E-state index in [1.54, 1.807) is 36.5 Å². The van der Waals surface area contributed by atoms with Gasteiger partial charge in [0, 0.05) is 77.4 Å². The molecule has 0 radical (unpaired) electrons. The Hall–Kier alpha value is -3.07.